The van der Waals surface area contributed by atoms with Crippen LogP contribution in [0.4, 0.5) is 0 Å². The lowest BCUT2D eigenvalue weighted by molar-refractivity contribution is -0.136. The van der Waals surface area contributed by atoms with E-state index >= 15 is 0 Å². The molecular formula is C11H15NO3. The summed E-state index contributed by atoms with van der Waals surface area (Å²) in [5.41, 5.74) is 0.547. The van der Waals surface area contributed by atoms with E-state index in [-0.39, 0.29) is 6.42 Å². The van der Waals surface area contributed by atoms with Crippen LogP contribution in [0.1, 0.15) is 25.5 Å². The van der Waals surface area contributed by atoms with E-state index in [4.69, 9.17) is 9.84 Å². The molecule has 1 rings (SSSR count). The molecule has 0 fully saturated rings. The van der Waals surface area contributed by atoms with Crippen LogP contribution in [0, 0.1) is 0 Å². The Morgan fingerprint density at radius 2 is 2.33 bits per heavy atom. The maximum atomic E-state index is 10.4. The summed E-state index contributed by atoms with van der Waals surface area (Å²) in [5, 5.41) is 8.54. The molecule has 4 nitrogen and oxygen atoms in total. The summed E-state index contributed by atoms with van der Waals surface area (Å²) in [5.74, 6) is -0.181. The van der Waals surface area contributed by atoms with Crippen molar-refractivity contribution in [2.24, 2.45) is 0 Å². The average molecular weight is 209 g/mol. The zero-order chi connectivity index (χ0) is 11.1. The number of hydrogen-bond acceptors (Lipinski definition) is 3. The second kappa shape index (κ2) is 6.01. The molecule has 0 aromatic carbocycles. The van der Waals surface area contributed by atoms with E-state index < -0.39 is 5.97 Å². The number of aliphatic carboxylic acids is 1. The van der Waals surface area contributed by atoms with Crippen LogP contribution in [0.25, 0.3) is 0 Å². The van der Waals surface area contributed by atoms with Crippen LogP contribution >= 0.6 is 0 Å². The van der Waals surface area contributed by atoms with Crippen molar-refractivity contribution >= 4 is 5.97 Å². The predicted octanol–water partition coefficient (Wildman–Crippen LogP) is 1.89. The lowest BCUT2D eigenvalue weighted by Crippen LogP contribution is -2.02. The topological polar surface area (TPSA) is 59.4 Å². The zero-order valence-electron chi connectivity index (χ0n) is 8.77. The Kier molecular flexibility index (Phi) is 4.60. The van der Waals surface area contributed by atoms with Gasteiger partial charge in [-0.05, 0) is 18.6 Å². The third-order valence-electron chi connectivity index (χ3n) is 1.90. The molecule has 0 aliphatic rings. The lowest BCUT2D eigenvalue weighted by atomic mass is 10.3. The molecule has 82 valence electrons. The van der Waals surface area contributed by atoms with Gasteiger partial charge in [-0.15, -0.1) is 0 Å². The fourth-order valence-electron chi connectivity index (χ4n) is 1.09. The van der Waals surface area contributed by atoms with E-state index in [1.165, 1.54) is 0 Å². The molecular weight excluding hydrogens is 194 g/mol. The minimum Gasteiger partial charge on any atom is -0.492 e. The number of carbonyl (C=O) groups is 1. The van der Waals surface area contributed by atoms with Gasteiger partial charge in [-0.2, -0.15) is 0 Å². The second-order valence-corrected chi connectivity index (χ2v) is 3.26. The number of pyridine rings is 1. The van der Waals surface area contributed by atoms with Crippen molar-refractivity contribution in [1.82, 2.24) is 4.98 Å². The van der Waals surface area contributed by atoms with Gasteiger partial charge in [0.25, 0.3) is 0 Å². The Labute approximate surface area is 88.9 Å². The van der Waals surface area contributed by atoms with Crippen molar-refractivity contribution in [2.75, 3.05) is 6.61 Å². The summed E-state index contributed by atoms with van der Waals surface area (Å²) < 4.78 is 5.40. The van der Waals surface area contributed by atoms with E-state index in [1.54, 1.807) is 18.3 Å². The fourth-order valence-corrected chi connectivity index (χ4v) is 1.09. The van der Waals surface area contributed by atoms with Crippen LogP contribution in [0.2, 0.25) is 0 Å². The zero-order valence-corrected chi connectivity index (χ0v) is 8.77. The SMILES string of the molecule is CCCCOc1ccc(CC(=O)O)nc1. The van der Waals surface area contributed by atoms with E-state index in [9.17, 15) is 4.79 Å². The Balaban J connectivity index is 2.45. The van der Waals surface area contributed by atoms with Crippen molar-refractivity contribution in [3.8, 4) is 5.75 Å². The smallest absolute Gasteiger partial charge is 0.309 e. The van der Waals surface area contributed by atoms with E-state index in [2.05, 4.69) is 11.9 Å². The van der Waals surface area contributed by atoms with Crippen LogP contribution in [0.5, 0.6) is 5.75 Å². The number of unbranched alkanes of at least 4 members (excludes halogenated alkanes) is 1. The Bertz CT molecular complexity index is 308. The number of carboxylic acid groups (broad SMARTS) is 1. The molecule has 1 aromatic rings. The summed E-state index contributed by atoms with van der Waals surface area (Å²) in [6, 6.07) is 3.43. The predicted molar refractivity (Wildman–Crippen MR) is 56.0 cm³/mol. The van der Waals surface area contributed by atoms with Crippen LogP contribution in [-0.4, -0.2) is 22.7 Å². The van der Waals surface area contributed by atoms with Gasteiger partial charge in [-0.1, -0.05) is 13.3 Å². The first kappa shape index (κ1) is 11.5. The van der Waals surface area contributed by atoms with Crippen molar-refractivity contribution in [3.05, 3.63) is 24.0 Å². The first-order valence-corrected chi connectivity index (χ1v) is 5.02. The molecule has 15 heavy (non-hydrogen) atoms. The molecule has 0 aliphatic heterocycles. The fraction of sp³-hybridized carbons (Fsp3) is 0.455. The van der Waals surface area contributed by atoms with Crippen LogP contribution < -0.4 is 4.74 Å². The highest BCUT2D eigenvalue weighted by Crippen LogP contribution is 2.10. The normalized spacial score (nSPS) is 9.93. The quantitative estimate of drug-likeness (QED) is 0.727. The Morgan fingerprint density at radius 3 is 2.87 bits per heavy atom. The Hall–Kier alpha value is -1.58. The van der Waals surface area contributed by atoms with Crippen molar-refractivity contribution in [1.29, 1.82) is 0 Å². The molecule has 0 spiro atoms. The monoisotopic (exact) mass is 209 g/mol. The van der Waals surface area contributed by atoms with Gasteiger partial charge in [0.1, 0.15) is 5.75 Å². The van der Waals surface area contributed by atoms with Gasteiger partial charge in [0, 0.05) is 0 Å². The van der Waals surface area contributed by atoms with E-state index in [1.807, 2.05) is 0 Å². The molecule has 0 amide bonds. The number of aromatic nitrogens is 1. The van der Waals surface area contributed by atoms with E-state index in [0.29, 0.717) is 18.1 Å². The minimum atomic E-state index is -0.873. The molecule has 1 aromatic heterocycles. The van der Waals surface area contributed by atoms with E-state index in [0.717, 1.165) is 12.8 Å². The third-order valence-corrected chi connectivity index (χ3v) is 1.90. The summed E-state index contributed by atoms with van der Waals surface area (Å²) in [4.78, 5) is 14.4. The molecule has 0 atom stereocenters. The summed E-state index contributed by atoms with van der Waals surface area (Å²) >= 11 is 0. The number of carboxylic acids is 1. The van der Waals surface area contributed by atoms with Gasteiger partial charge in [-0.3, -0.25) is 9.78 Å². The molecule has 0 aliphatic carbocycles. The molecule has 0 unspecified atom stereocenters. The van der Waals surface area contributed by atoms with Gasteiger partial charge in [0.15, 0.2) is 0 Å². The highest BCUT2D eigenvalue weighted by Gasteiger charge is 2.01. The molecule has 0 radical (unpaired) electrons. The first-order chi connectivity index (χ1) is 7.22. The van der Waals surface area contributed by atoms with Crippen LogP contribution in [-0.2, 0) is 11.2 Å². The summed E-state index contributed by atoms with van der Waals surface area (Å²) in [6.07, 6.45) is 3.62. The Morgan fingerprint density at radius 1 is 1.53 bits per heavy atom. The number of nitrogens with zero attached hydrogens (tertiary/aromatic N) is 1. The van der Waals surface area contributed by atoms with Crippen molar-refractivity contribution < 1.29 is 14.6 Å². The van der Waals surface area contributed by atoms with Gasteiger partial charge in [0.05, 0.1) is 24.9 Å². The summed E-state index contributed by atoms with van der Waals surface area (Å²) in [6.45, 7) is 2.77. The molecule has 4 heteroatoms. The largest absolute Gasteiger partial charge is 0.492 e. The molecule has 0 saturated carbocycles. The van der Waals surface area contributed by atoms with Crippen LogP contribution in [0.15, 0.2) is 18.3 Å². The average Bonchev–Trinajstić information content (AvgIpc) is 2.20. The first-order valence-electron chi connectivity index (χ1n) is 5.02. The maximum absolute atomic E-state index is 10.4. The van der Waals surface area contributed by atoms with Gasteiger partial charge < -0.3 is 9.84 Å². The summed E-state index contributed by atoms with van der Waals surface area (Å²) in [7, 11) is 0. The third kappa shape index (κ3) is 4.44. The second-order valence-electron chi connectivity index (χ2n) is 3.26. The van der Waals surface area contributed by atoms with Crippen molar-refractivity contribution in [3.63, 3.8) is 0 Å². The van der Waals surface area contributed by atoms with Gasteiger partial charge in [0.2, 0.25) is 0 Å². The van der Waals surface area contributed by atoms with Gasteiger partial charge in [-0.25, -0.2) is 0 Å². The highest BCUT2D eigenvalue weighted by atomic mass is 16.5. The van der Waals surface area contributed by atoms with Gasteiger partial charge >= 0.3 is 5.97 Å². The van der Waals surface area contributed by atoms with Crippen molar-refractivity contribution in [2.45, 2.75) is 26.2 Å². The number of ether oxygens (including phenoxy) is 1. The highest BCUT2D eigenvalue weighted by molar-refractivity contribution is 5.69. The molecule has 0 saturated heterocycles. The number of hydrogen-bond donors (Lipinski definition) is 1. The standard InChI is InChI=1S/C11H15NO3/c1-2-3-6-15-10-5-4-9(12-8-10)7-11(13)14/h4-5,8H,2-3,6-7H2,1H3,(H,13,14). The molecule has 1 N–H and O–H groups in total. The molecule has 0 bridgehead atoms. The van der Waals surface area contributed by atoms with Crippen LogP contribution in [0.3, 0.4) is 0 Å². The maximum Gasteiger partial charge on any atom is 0.309 e. The minimum absolute atomic E-state index is 0.0464. The lowest BCUT2D eigenvalue weighted by Gasteiger charge is -2.04. The molecule has 1 heterocycles. The number of rotatable bonds is 6.